The van der Waals surface area contributed by atoms with Crippen LogP contribution >= 0.6 is 0 Å². The maximum Gasteiger partial charge on any atom is 0.338 e. The zero-order valence-corrected chi connectivity index (χ0v) is 22.6. The lowest BCUT2D eigenvalue weighted by atomic mass is 9.79. The number of nitrogens with zero attached hydrogens (tertiary/aromatic N) is 3. The third-order valence-corrected chi connectivity index (χ3v) is 9.45. The van der Waals surface area contributed by atoms with Crippen LogP contribution in [-0.4, -0.2) is 55.0 Å². The van der Waals surface area contributed by atoms with Crippen molar-refractivity contribution in [2.75, 3.05) is 19.7 Å². The molecule has 0 spiro atoms. The summed E-state index contributed by atoms with van der Waals surface area (Å²) in [5, 5.41) is 6.05. The van der Waals surface area contributed by atoms with Gasteiger partial charge >= 0.3 is 5.97 Å². The molecule has 1 saturated carbocycles. The van der Waals surface area contributed by atoms with E-state index in [-0.39, 0.29) is 16.4 Å². The van der Waals surface area contributed by atoms with Crippen LogP contribution in [0.25, 0.3) is 6.08 Å². The van der Waals surface area contributed by atoms with Gasteiger partial charge in [-0.25, -0.2) is 18.2 Å². The highest BCUT2D eigenvalue weighted by Crippen LogP contribution is 2.44. The van der Waals surface area contributed by atoms with Crippen LogP contribution < -0.4 is 0 Å². The quantitative estimate of drug-likeness (QED) is 0.384. The molecule has 40 heavy (non-hydrogen) atoms. The van der Waals surface area contributed by atoms with E-state index in [2.05, 4.69) is 0 Å². The molecule has 1 aromatic carbocycles. The fraction of sp³-hybridized carbons (Fsp3) is 0.345. The van der Waals surface area contributed by atoms with Crippen molar-refractivity contribution in [1.82, 2.24) is 9.31 Å². The number of esters is 1. The number of carbonyl (C=O) groups is 2. The largest absolute Gasteiger partial charge is 0.467 e. The molecule has 6 rings (SSSR count). The minimum absolute atomic E-state index is 0.0268. The molecular weight excluding hydrogens is 534 g/mol. The van der Waals surface area contributed by atoms with Gasteiger partial charge in [0, 0.05) is 19.0 Å². The lowest BCUT2D eigenvalue weighted by Crippen LogP contribution is -2.34. The summed E-state index contributed by atoms with van der Waals surface area (Å²) in [7, 11) is -3.70. The van der Waals surface area contributed by atoms with Gasteiger partial charge in [0.2, 0.25) is 10.0 Å². The van der Waals surface area contributed by atoms with Gasteiger partial charge < -0.3 is 13.6 Å². The Bertz CT molecular complexity index is 1550. The topological polar surface area (TPSA) is 123 Å². The van der Waals surface area contributed by atoms with Gasteiger partial charge in [0.1, 0.15) is 17.6 Å². The number of sulfonamides is 1. The van der Waals surface area contributed by atoms with Crippen LogP contribution in [0.4, 0.5) is 0 Å². The number of rotatable bonds is 7. The van der Waals surface area contributed by atoms with E-state index >= 15 is 0 Å². The Morgan fingerprint density at radius 1 is 1.02 bits per heavy atom. The first kappa shape index (κ1) is 26.3. The molecule has 3 aromatic rings. The monoisotopic (exact) mass is 563 g/mol. The van der Waals surface area contributed by atoms with Gasteiger partial charge in [-0.1, -0.05) is 6.07 Å². The fourth-order valence-electron chi connectivity index (χ4n) is 5.63. The average Bonchev–Trinajstić information content (AvgIpc) is 3.78. The summed E-state index contributed by atoms with van der Waals surface area (Å²) in [4.78, 5) is 26.3. The molecule has 2 unspecified atom stereocenters. The first-order valence-electron chi connectivity index (χ1n) is 13.4. The van der Waals surface area contributed by atoms with Gasteiger partial charge in [0.25, 0.3) is 5.91 Å². The van der Waals surface area contributed by atoms with Crippen molar-refractivity contribution in [3.63, 3.8) is 0 Å². The van der Waals surface area contributed by atoms with E-state index in [0.717, 1.165) is 43.4 Å². The summed E-state index contributed by atoms with van der Waals surface area (Å²) >= 11 is 0. The van der Waals surface area contributed by atoms with Gasteiger partial charge in [-0.2, -0.15) is 9.41 Å². The van der Waals surface area contributed by atoms with Gasteiger partial charge in [-0.3, -0.25) is 4.79 Å². The highest BCUT2D eigenvalue weighted by molar-refractivity contribution is 7.89. The van der Waals surface area contributed by atoms with Crippen molar-refractivity contribution >= 4 is 33.7 Å². The van der Waals surface area contributed by atoms with Gasteiger partial charge in [0.05, 0.1) is 28.7 Å². The van der Waals surface area contributed by atoms with Crippen LogP contribution in [0.5, 0.6) is 0 Å². The predicted octanol–water partition coefficient (Wildman–Crippen LogP) is 4.64. The third-order valence-electron chi connectivity index (χ3n) is 7.55. The standard InChI is InChI=1S/C29H29N3O7S/c33-26(19-39-29(34)21-8-3-10-23(18-21)40(35,36)31-13-1-2-14-31)32-28(25-12-6-16-38-25)24-11-4-7-20(27(24)30-32)17-22-9-5-15-37-22/h3,5-6,8-10,12,15-18,24,28H,1-2,4,7,11,13-14,19H2. The van der Waals surface area contributed by atoms with E-state index in [0.29, 0.717) is 24.6 Å². The number of benzene rings is 1. The van der Waals surface area contributed by atoms with E-state index in [1.807, 2.05) is 24.3 Å². The molecule has 1 amide bonds. The summed E-state index contributed by atoms with van der Waals surface area (Å²) < 4.78 is 43.8. The number of carbonyl (C=O) groups excluding carboxylic acids is 2. The molecule has 0 bridgehead atoms. The molecule has 2 atom stereocenters. The van der Waals surface area contributed by atoms with Crippen LogP contribution in [0.1, 0.15) is 60.0 Å². The number of hydrogen-bond acceptors (Lipinski definition) is 8. The van der Waals surface area contributed by atoms with Gasteiger partial charge in [-0.05, 0) is 86.2 Å². The fourth-order valence-corrected chi connectivity index (χ4v) is 7.19. The number of amides is 1. The molecule has 208 valence electrons. The van der Waals surface area contributed by atoms with Crippen molar-refractivity contribution in [3.8, 4) is 0 Å². The Balaban J connectivity index is 1.20. The molecule has 2 aliphatic heterocycles. The van der Waals surface area contributed by atoms with E-state index in [1.54, 1.807) is 18.6 Å². The van der Waals surface area contributed by atoms with E-state index in [4.69, 9.17) is 18.7 Å². The van der Waals surface area contributed by atoms with Crippen LogP contribution in [0, 0.1) is 5.92 Å². The van der Waals surface area contributed by atoms with Crippen LogP contribution in [0.3, 0.4) is 0 Å². The minimum Gasteiger partial charge on any atom is -0.467 e. The molecule has 4 heterocycles. The van der Waals surface area contributed by atoms with Crippen LogP contribution in [0.15, 0.2) is 85.5 Å². The van der Waals surface area contributed by atoms with E-state index < -0.39 is 34.5 Å². The Kier molecular flexibility index (Phi) is 7.16. The zero-order chi connectivity index (χ0) is 27.7. The first-order valence-corrected chi connectivity index (χ1v) is 14.8. The highest BCUT2D eigenvalue weighted by Gasteiger charge is 2.45. The maximum atomic E-state index is 13.4. The normalized spacial score (nSPS) is 22.4. The van der Waals surface area contributed by atoms with Crippen molar-refractivity contribution in [1.29, 1.82) is 0 Å². The average molecular weight is 564 g/mol. The second-order valence-electron chi connectivity index (χ2n) is 10.1. The minimum atomic E-state index is -3.70. The van der Waals surface area contributed by atoms with E-state index in [9.17, 15) is 18.0 Å². The van der Waals surface area contributed by atoms with Gasteiger partial charge in [-0.15, -0.1) is 0 Å². The molecule has 10 nitrogen and oxygen atoms in total. The molecule has 0 radical (unpaired) electrons. The van der Waals surface area contributed by atoms with Gasteiger partial charge in [0.15, 0.2) is 6.61 Å². The number of hydrogen-bond donors (Lipinski definition) is 0. The molecule has 1 saturated heterocycles. The smallest absolute Gasteiger partial charge is 0.338 e. The first-order chi connectivity index (χ1) is 19.4. The molecule has 2 aromatic heterocycles. The summed E-state index contributed by atoms with van der Waals surface area (Å²) in [5.74, 6) is -0.0600. The molecule has 2 fully saturated rings. The number of ether oxygens (including phenoxy) is 1. The summed E-state index contributed by atoms with van der Waals surface area (Å²) in [6.45, 7) is 0.361. The number of allylic oxidation sites excluding steroid dienone is 1. The molecular formula is C29H29N3O7S. The Hall–Kier alpha value is -3.96. The van der Waals surface area contributed by atoms with Crippen molar-refractivity contribution < 1.29 is 31.6 Å². The van der Waals surface area contributed by atoms with Crippen molar-refractivity contribution in [3.05, 3.63) is 83.7 Å². The summed E-state index contributed by atoms with van der Waals surface area (Å²) in [6, 6.07) is 12.5. The second kappa shape index (κ2) is 10.9. The Labute approximate surface area is 231 Å². The van der Waals surface area contributed by atoms with Crippen molar-refractivity contribution in [2.24, 2.45) is 11.0 Å². The lowest BCUT2D eigenvalue weighted by molar-refractivity contribution is -0.137. The maximum absolute atomic E-state index is 13.4. The molecule has 0 N–H and O–H groups in total. The van der Waals surface area contributed by atoms with E-state index in [1.165, 1.54) is 33.6 Å². The number of fused-ring (bicyclic) bond motifs is 1. The molecule has 11 heteroatoms. The summed E-state index contributed by atoms with van der Waals surface area (Å²) in [6.07, 6.45) is 9.27. The number of hydrazone groups is 1. The summed E-state index contributed by atoms with van der Waals surface area (Å²) in [5.41, 5.74) is 1.84. The molecule has 1 aliphatic carbocycles. The Morgan fingerprint density at radius 3 is 2.58 bits per heavy atom. The molecule has 3 aliphatic rings. The second-order valence-corrected chi connectivity index (χ2v) is 12.0. The SMILES string of the molecule is O=C(OCC(=O)N1N=C2C(=Cc3ccco3)CCCC2C1c1ccco1)c1cccc(S(=O)(=O)N2CCCC2)c1. The lowest BCUT2D eigenvalue weighted by Gasteiger charge is -2.27. The Morgan fingerprint density at radius 2 is 1.82 bits per heavy atom. The third kappa shape index (κ3) is 5.02. The van der Waals surface area contributed by atoms with Crippen LogP contribution in [0.2, 0.25) is 0 Å². The zero-order valence-electron chi connectivity index (χ0n) is 21.8. The van der Waals surface area contributed by atoms with Crippen molar-refractivity contribution in [2.45, 2.75) is 43.0 Å². The highest BCUT2D eigenvalue weighted by atomic mass is 32.2. The van der Waals surface area contributed by atoms with Crippen LogP contribution in [-0.2, 0) is 19.6 Å². The number of furan rings is 2. The predicted molar refractivity (Wildman–Crippen MR) is 144 cm³/mol.